The van der Waals surface area contributed by atoms with Crippen LogP contribution < -0.4 is 16.0 Å². The van der Waals surface area contributed by atoms with Gasteiger partial charge in [-0.1, -0.05) is 42.5 Å². The Labute approximate surface area is 184 Å². The van der Waals surface area contributed by atoms with Gasteiger partial charge in [-0.25, -0.2) is 4.79 Å². The van der Waals surface area contributed by atoms with Gasteiger partial charge in [-0.3, -0.25) is 10.1 Å². The number of nitrogens with one attached hydrogen (secondary N) is 3. The summed E-state index contributed by atoms with van der Waals surface area (Å²) < 4.78 is 0. The Balaban J connectivity index is 1.36. The second-order valence-corrected chi connectivity index (χ2v) is 9.83. The topological polar surface area (TPSA) is 70.2 Å². The van der Waals surface area contributed by atoms with Crippen molar-refractivity contribution in [2.24, 2.45) is 17.8 Å². The van der Waals surface area contributed by atoms with E-state index in [1.807, 2.05) is 30.3 Å². The van der Waals surface area contributed by atoms with E-state index in [4.69, 9.17) is 0 Å². The number of hydrogen-bond acceptors (Lipinski definition) is 3. The summed E-state index contributed by atoms with van der Waals surface area (Å²) in [5, 5.41) is 8.17. The molecule has 31 heavy (non-hydrogen) atoms. The van der Waals surface area contributed by atoms with Gasteiger partial charge in [0.15, 0.2) is 0 Å². The minimum atomic E-state index is -0.649. The molecule has 0 radical (unpaired) electrons. The van der Waals surface area contributed by atoms with Gasteiger partial charge in [0.2, 0.25) is 0 Å². The number of benzene rings is 2. The Hall–Kier alpha value is -2.82. The molecule has 2 aromatic carbocycles. The van der Waals surface area contributed by atoms with Gasteiger partial charge in [-0.15, -0.1) is 0 Å². The fraction of sp³-hybridized carbons (Fsp3) is 0.462. The van der Waals surface area contributed by atoms with Gasteiger partial charge in [0.05, 0.1) is 0 Å². The molecular formula is C26H31N3O2. The van der Waals surface area contributed by atoms with Gasteiger partial charge in [-0.05, 0) is 85.0 Å². The molecule has 5 nitrogen and oxygen atoms in total. The Morgan fingerprint density at radius 2 is 1.45 bits per heavy atom. The summed E-state index contributed by atoms with van der Waals surface area (Å²) in [5.41, 5.74) is 3.52. The maximum Gasteiger partial charge on any atom is 0.321 e. The van der Waals surface area contributed by atoms with Crippen LogP contribution in [0, 0.1) is 17.8 Å². The number of amides is 3. The maximum atomic E-state index is 12.8. The molecule has 0 unspecified atom stereocenters. The number of rotatable bonds is 5. The lowest BCUT2D eigenvalue weighted by atomic mass is 9.48. The van der Waals surface area contributed by atoms with Crippen LogP contribution in [0.5, 0.6) is 0 Å². The van der Waals surface area contributed by atoms with Crippen LogP contribution >= 0.6 is 0 Å². The summed E-state index contributed by atoms with van der Waals surface area (Å²) in [6.45, 7) is 0. The molecule has 0 aromatic heterocycles. The van der Waals surface area contributed by atoms with E-state index in [9.17, 15) is 9.59 Å². The van der Waals surface area contributed by atoms with E-state index in [-0.39, 0.29) is 5.91 Å². The van der Waals surface area contributed by atoms with Gasteiger partial charge in [-0.2, -0.15) is 0 Å². The van der Waals surface area contributed by atoms with Gasteiger partial charge in [0.1, 0.15) is 6.04 Å². The first kappa shape index (κ1) is 20.1. The quantitative estimate of drug-likeness (QED) is 0.657. The third-order valence-electron chi connectivity index (χ3n) is 7.71. The van der Waals surface area contributed by atoms with Crippen LogP contribution in [0.4, 0.5) is 10.5 Å². The Morgan fingerprint density at radius 3 is 2.00 bits per heavy atom. The zero-order valence-corrected chi connectivity index (χ0v) is 18.1. The van der Waals surface area contributed by atoms with E-state index in [0.717, 1.165) is 29.0 Å². The van der Waals surface area contributed by atoms with Crippen molar-refractivity contribution in [3.63, 3.8) is 0 Å². The highest BCUT2D eigenvalue weighted by atomic mass is 16.2. The fourth-order valence-corrected chi connectivity index (χ4v) is 6.74. The van der Waals surface area contributed by atoms with Crippen LogP contribution in [0.3, 0.4) is 0 Å². The molecule has 0 spiro atoms. The molecule has 4 bridgehead atoms. The molecule has 0 heterocycles. The average molecular weight is 418 g/mol. The Bertz CT molecular complexity index is 919. The zero-order valence-electron chi connectivity index (χ0n) is 18.1. The highest BCUT2D eigenvalue weighted by Gasteiger charge is 2.51. The van der Waals surface area contributed by atoms with Crippen LogP contribution in [-0.2, 0) is 10.2 Å². The first-order valence-electron chi connectivity index (χ1n) is 11.5. The molecule has 1 atom stereocenters. The molecule has 162 valence electrons. The summed E-state index contributed by atoms with van der Waals surface area (Å²) in [5.74, 6) is 2.37. The molecule has 0 aliphatic heterocycles. The predicted molar refractivity (Wildman–Crippen MR) is 122 cm³/mol. The summed E-state index contributed by atoms with van der Waals surface area (Å²) in [4.78, 5) is 24.5. The number of carbonyl (C=O) groups excluding carboxylic acids is 2. The van der Waals surface area contributed by atoms with Crippen LogP contribution in [0.15, 0.2) is 54.6 Å². The van der Waals surface area contributed by atoms with E-state index in [1.165, 1.54) is 51.1 Å². The lowest BCUT2D eigenvalue weighted by Gasteiger charge is -2.57. The summed E-state index contributed by atoms with van der Waals surface area (Å²) >= 11 is 0. The first-order chi connectivity index (χ1) is 15.0. The van der Waals surface area contributed by atoms with Crippen molar-refractivity contribution in [2.45, 2.75) is 50.0 Å². The molecule has 4 aliphatic carbocycles. The van der Waals surface area contributed by atoms with E-state index in [1.54, 1.807) is 0 Å². The third-order valence-corrected chi connectivity index (χ3v) is 7.71. The average Bonchev–Trinajstić information content (AvgIpc) is 2.77. The molecule has 6 rings (SSSR count). The minimum absolute atomic E-state index is 0.364. The Kier molecular flexibility index (Phi) is 5.20. The smallest absolute Gasteiger partial charge is 0.321 e. The fourth-order valence-electron chi connectivity index (χ4n) is 6.74. The Morgan fingerprint density at radius 1 is 0.871 bits per heavy atom. The van der Waals surface area contributed by atoms with Gasteiger partial charge >= 0.3 is 6.03 Å². The van der Waals surface area contributed by atoms with Crippen LogP contribution in [0.2, 0.25) is 0 Å². The van der Waals surface area contributed by atoms with Crippen molar-refractivity contribution < 1.29 is 9.59 Å². The van der Waals surface area contributed by atoms with Crippen LogP contribution in [-0.4, -0.2) is 19.0 Å². The highest BCUT2D eigenvalue weighted by Crippen LogP contribution is 2.60. The number of hydrogen-bond donors (Lipinski definition) is 3. The predicted octanol–water partition coefficient (Wildman–Crippen LogP) is 4.76. The molecule has 3 N–H and O–H groups in total. The maximum absolute atomic E-state index is 12.8. The monoisotopic (exact) mass is 417 g/mol. The second kappa shape index (κ2) is 8.03. The number of urea groups is 1. The number of imide groups is 1. The van der Waals surface area contributed by atoms with Gasteiger partial charge in [0, 0.05) is 12.7 Å². The van der Waals surface area contributed by atoms with Crippen LogP contribution in [0.25, 0.3) is 0 Å². The van der Waals surface area contributed by atoms with E-state index >= 15 is 0 Å². The normalized spacial score (nSPS) is 29.3. The molecule has 2 aromatic rings. The van der Waals surface area contributed by atoms with Crippen molar-refractivity contribution in [3.8, 4) is 0 Å². The van der Waals surface area contributed by atoms with Crippen molar-refractivity contribution in [3.05, 3.63) is 65.7 Å². The molecule has 0 saturated heterocycles. The van der Waals surface area contributed by atoms with E-state index < -0.39 is 12.1 Å². The minimum Gasteiger partial charge on any atom is -0.370 e. The van der Waals surface area contributed by atoms with Gasteiger partial charge < -0.3 is 10.6 Å². The van der Waals surface area contributed by atoms with Gasteiger partial charge in [0.25, 0.3) is 5.91 Å². The van der Waals surface area contributed by atoms with E-state index in [2.05, 4.69) is 40.2 Å². The second-order valence-electron chi connectivity index (χ2n) is 9.83. The summed E-state index contributed by atoms with van der Waals surface area (Å²) in [7, 11) is 1.50. The summed E-state index contributed by atoms with van der Waals surface area (Å²) in [6.07, 6.45) is 8.35. The first-order valence-corrected chi connectivity index (χ1v) is 11.5. The van der Waals surface area contributed by atoms with Crippen molar-refractivity contribution in [1.82, 2.24) is 10.6 Å². The number of carbonyl (C=O) groups is 2. The molecule has 4 saturated carbocycles. The lowest BCUT2D eigenvalue weighted by molar-refractivity contribution is -0.120. The van der Waals surface area contributed by atoms with Crippen molar-refractivity contribution >= 4 is 17.6 Å². The molecule has 3 amide bonds. The zero-order chi connectivity index (χ0) is 21.4. The summed E-state index contributed by atoms with van der Waals surface area (Å²) in [6, 6.07) is 17.0. The van der Waals surface area contributed by atoms with E-state index in [0.29, 0.717) is 5.41 Å². The largest absolute Gasteiger partial charge is 0.370 e. The van der Waals surface area contributed by atoms with Crippen molar-refractivity contribution in [1.29, 1.82) is 0 Å². The SMILES string of the molecule is CNC(=O)NC(=O)[C@@H](Nc1ccc(C23CC4CC(CC(C4)C2)C3)cc1)c1ccccc1. The number of anilines is 1. The molecule has 4 aliphatic rings. The lowest BCUT2D eigenvalue weighted by Crippen LogP contribution is -2.48. The standard InChI is InChI=1S/C26H31N3O2/c1-27-25(31)29-24(30)23(20-5-3-2-4-6-20)28-22-9-7-21(8-10-22)26-14-17-11-18(15-26)13-19(12-17)16-26/h2-10,17-19,23,28H,11-16H2,1H3,(H2,27,29,30,31)/t17?,18?,19?,23-,26?/m0/s1. The highest BCUT2D eigenvalue weighted by molar-refractivity contribution is 5.98. The third kappa shape index (κ3) is 3.93. The molecular weight excluding hydrogens is 386 g/mol. The molecule has 5 heteroatoms. The molecule has 4 fully saturated rings. The van der Waals surface area contributed by atoms with Crippen LogP contribution in [0.1, 0.15) is 55.7 Å². The van der Waals surface area contributed by atoms with Crippen molar-refractivity contribution in [2.75, 3.05) is 12.4 Å².